The van der Waals surface area contributed by atoms with Crippen LogP contribution in [0.1, 0.15) is 5.56 Å². The van der Waals surface area contributed by atoms with E-state index in [0.29, 0.717) is 11.4 Å². The molecular formula is C15H16N2O3S. The van der Waals surface area contributed by atoms with Crippen LogP contribution in [0.5, 0.6) is 0 Å². The first-order valence-corrected chi connectivity index (χ1v) is 8.24. The number of carbonyl (C=O) groups is 1. The lowest BCUT2D eigenvalue weighted by atomic mass is 10.1. The zero-order valence-electron chi connectivity index (χ0n) is 11.5. The van der Waals surface area contributed by atoms with Crippen LogP contribution < -0.4 is 10.0 Å². The van der Waals surface area contributed by atoms with Crippen LogP contribution in [-0.4, -0.2) is 20.6 Å². The van der Waals surface area contributed by atoms with E-state index < -0.39 is 10.0 Å². The molecule has 0 aliphatic carbocycles. The summed E-state index contributed by atoms with van der Waals surface area (Å²) in [5.41, 5.74) is 1.67. The molecule has 0 saturated heterocycles. The van der Waals surface area contributed by atoms with Crippen LogP contribution in [0.15, 0.2) is 54.6 Å². The molecule has 2 N–H and O–H groups in total. The number of benzene rings is 2. The van der Waals surface area contributed by atoms with E-state index in [1.807, 2.05) is 30.3 Å². The highest BCUT2D eigenvalue weighted by Crippen LogP contribution is 2.22. The van der Waals surface area contributed by atoms with E-state index >= 15 is 0 Å². The van der Waals surface area contributed by atoms with Gasteiger partial charge in [0.2, 0.25) is 15.9 Å². The molecule has 2 aromatic carbocycles. The van der Waals surface area contributed by atoms with Gasteiger partial charge in [-0.2, -0.15) is 0 Å². The zero-order chi connectivity index (χ0) is 15.3. The number of hydrogen-bond donors (Lipinski definition) is 2. The molecule has 2 aromatic rings. The first-order valence-electron chi connectivity index (χ1n) is 6.34. The Morgan fingerprint density at radius 1 is 0.952 bits per heavy atom. The van der Waals surface area contributed by atoms with Crippen molar-refractivity contribution >= 4 is 27.3 Å². The third kappa shape index (κ3) is 4.92. The minimum Gasteiger partial charge on any atom is -0.324 e. The van der Waals surface area contributed by atoms with E-state index in [0.717, 1.165) is 11.8 Å². The number of hydrogen-bond acceptors (Lipinski definition) is 3. The van der Waals surface area contributed by atoms with Gasteiger partial charge < -0.3 is 5.32 Å². The van der Waals surface area contributed by atoms with Gasteiger partial charge in [-0.15, -0.1) is 0 Å². The summed E-state index contributed by atoms with van der Waals surface area (Å²) in [6.07, 6.45) is 1.30. The predicted octanol–water partition coefficient (Wildman–Crippen LogP) is 2.24. The Bertz CT molecular complexity index is 728. The molecule has 110 valence electrons. The topological polar surface area (TPSA) is 75.3 Å². The first kappa shape index (κ1) is 15.1. The Balaban J connectivity index is 2.11. The lowest BCUT2D eigenvalue weighted by molar-refractivity contribution is -0.115. The summed E-state index contributed by atoms with van der Waals surface area (Å²) in [6.45, 7) is 0. The van der Waals surface area contributed by atoms with Crippen LogP contribution in [0.25, 0.3) is 0 Å². The van der Waals surface area contributed by atoms with E-state index in [2.05, 4.69) is 10.0 Å². The number of para-hydroxylation sites is 2. The van der Waals surface area contributed by atoms with Crippen LogP contribution in [0.3, 0.4) is 0 Å². The van der Waals surface area contributed by atoms with Gasteiger partial charge in [-0.1, -0.05) is 42.5 Å². The van der Waals surface area contributed by atoms with E-state index in [1.54, 1.807) is 24.3 Å². The van der Waals surface area contributed by atoms with Crippen molar-refractivity contribution in [2.24, 2.45) is 0 Å². The van der Waals surface area contributed by atoms with Crippen LogP contribution >= 0.6 is 0 Å². The van der Waals surface area contributed by atoms with Crippen molar-refractivity contribution < 1.29 is 13.2 Å². The second kappa shape index (κ2) is 6.41. The lowest BCUT2D eigenvalue weighted by Gasteiger charge is -2.11. The molecule has 0 aliphatic heterocycles. The minimum atomic E-state index is -3.40. The van der Waals surface area contributed by atoms with Gasteiger partial charge in [0, 0.05) is 0 Å². The van der Waals surface area contributed by atoms with Crippen molar-refractivity contribution in [1.82, 2.24) is 0 Å². The number of sulfonamides is 1. The van der Waals surface area contributed by atoms with Gasteiger partial charge in [0.15, 0.2) is 0 Å². The van der Waals surface area contributed by atoms with Gasteiger partial charge in [0.05, 0.1) is 24.1 Å². The molecule has 0 aliphatic rings. The smallest absolute Gasteiger partial charge is 0.229 e. The molecule has 6 heteroatoms. The Morgan fingerprint density at radius 2 is 1.52 bits per heavy atom. The summed E-state index contributed by atoms with van der Waals surface area (Å²) < 4.78 is 25.0. The van der Waals surface area contributed by atoms with Crippen molar-refractivity contribution in [2.45, 2.75) is 6.42 Å². The first-order chi connectivity index (χ1) is 9.94. The highest BCUT2D eigenvalue weighted by molar-refractivity contribution is 7.92. The number of amides is 1. The van der Waals surface area contributed by atoms with Crippen molar-refractivity contribution in [3.8, 4) is 0 Å². The highest BCUT2D eigenvalue weighted by Gasteiger charge is 2.10. The molecule has 0 atom stereocenters. The van der Waals surface area contributed by atoms with Crippen LogP contribution in [-0.2, 0) is 21.2 Å². The van der Waals surface area contributed by atoms with Crippen molar-refractivity contribution in [1.29, 1.82) is 0 Å². The van der Waals surface area contributed by atoms with E-state index in [4.69, 9.17) is 0 Å². The third-order valence-corrected chi connectivity index (χ3v) is 3.29. The van der Waals surface area contributed by atoms with Crippen molar-refractivity contribution in [3.63, 3.8) is 0 Å². The molecule has 2 rings (SSSR count). The third-order valence-electron chi connectivity index (χ3n) is 2.70. The molecule has 1 amide bonds. The van der Waals surface area contributed by atoms with Crippen LogP contribution in [0.2, 0.25) is 0 Å². The largest absolute Gasteiger partial charge is 0.324 e. The molecule has 21 heavy (non-hydrogen) atoms. The van der Waals surface area contributed by atoms with E-state index in [1.165, 1.54) is 0 Å². The number of nitrogens with one attached hydrogen (secondary N) is 2. The summed E-state index contributed by atoms with van der Waals surface area (Å²) in [7, 11) is -3.40. The maximum absolute atomic E-state index is 12.0. The summed E-state index contributed by atoms with van der Waals surface area (Å²) in [5.74, 6) is -0.205. The normalized spacial score (nSPS) is 10.9. The Morgan fingerprint density at radius 3 is 2.14 bits per heavy atom. The fraction of sp³-hybridized carbons (Fsp3) is 0.133. The Labute approximate surface area is 124 Å². The minimum absolute atomic E-state index is 0.205. The molecule has 0 heterocycles. The SMILES string of the molecule is CS(=O)(=O)Nc1ccccc1NC(=O)Cc1ccccc1. The van der Waals surface area contributed by atoms with Gasteiger partial charge in [0.1, 0.15) is 0 Å². The van der Waals surface area contributed by atoms with Crippen molar-refractivity contribution in [2.75, 3.05) is 16.3 Å². The van der Waals surface area contributed by atoms with Gasteiger partial charge in [-0.25, -0.2) is 8.42 Å². The molecular weight excluding hydrogens is 288 g/mol. The van der Waals surface area contributed by atoms with E-state index in [-0.39, 0.29) is 12.3 Å². The second-order valence-electron chi connectivity index (χ2n) is 4.63. The zero-order valence-corrected chi connectivity index (χ0v) is 12.4. The van der Waals surface area contributed by atoms with Crippen LogP contribution in [0.4, 0.5) is 11.4 Å². The standard InChI is InChI=1S/C15H16N2O3S/c1-21(19,20)17-14-10-6-5-9-13(14)16-15(18)11-12-7-3-2-4-8-12/h2-10,17H,11H2,1H3,(H,16,18). The summed E-state index contributed by atoms with van der Waals surface area (Å²) in [6, 6.07) is 16.0. The average molecular weight is 304 g/mol. The van der Waals surface area contributed by atoms with Crippen molar-refractivity contribution in [3.05, 3.63) is 60.2 Å². The lowest BCUT2D eigenvalue weighted by Crippen LogP contribution is -2.17. The molecule has 0 fully saturated rings. The monoisotopic (exact) mass is 304 g/mol. The average Bonchev–Trinajstić information content (AvgIpc) is 2.40. The Hall–Kier alpha value is -2.34. The summed E-state index contributed by atoms with van der Waals surface area (Å²) >= 11 is 0. The molecule has 0 unspecified atom stereocenters. The molecule has 0 aromatic heterocycles. The predicted molar refractivity (Wildman–Crippen MR) is 83.7 cm³/mol. The van der Waals surface area contributed by atoms with Gasteiger partial charge >= 0.3 is 0 Å². The fourth-order valence-corrected chi connectivity index (χ4v) is 2.43. The molecule has 0 bridgehead atoms. The molecule has 0 spiro atoms. The maximum atomic E-state index is 12.0. The Kier molecular flexibility index (Phi) is 4.59. The van der Waals surface area contributed by atoms with Gasteiger partial charge in [0.25, 0.3) is 0 Å². The summed E-state index contributed by atoms with van der Waals surface area (Å²) in [5, 5.41) is 2.72. The number of rotatable bonds is 5. The molecule has 0 saturated carbocycles. The van der Waals surface area contributed by atoms with Crippen LogP contribution in [0, 0.1) is 0 Å². The van der Waals surface area contributed by atoms with Gasteiger partial charge in [-0.05, 0) is 17.7 Å². The number of anilines is 2. The summed E-state index contributed by atoms with van der Waals surface area (Å²) in [4.78, 5) is 12.0. The quantitative estimate of drug-likeness (QED) is 0.889. The molecule has 5 nitrogen and oxygen atoms in total. The maximum Gasteiger partial charge on any atom is 0.229 e. The molecule has 0 radical (unpaired) electrons. The van der Waals surface area contributed by atoms with Gasteiger partial charge in [-0.3, -0.25) is 9.52 Å². The fourth-order valence-electron chi connectivity index (χ4n) is 1.86. The van der Waals surface area contributed by atoms with E-state index in [9.17, 15) is 13.2 Å². The second-order valence-corrected chi connectivity index (χ2v) is 6.38. The highest BCUT2D eigenvalue weighted by atomic mass is 32.2. The number of carbonyl (C=O) groups excluding carboxylic acids is 1.